The Morgan fingerprint density at radius 3 is 2.73 bits per heavy atom. The summed E-state index contributed by atoms with van der Waals surface area (Å²) < 4.78 is 40.5. The van der Waals surface area contributed by atoms with Crippen molar-refractivity contribution in [3.8, 4) is 0 Å². The predicted octanol–water partition coefficient (Wildman–Crippen LogP) is 2.44. The monoisotopic (exact) mass is 416 g/mol. The Morgan fingerprint density at radius 1 is 1.35 bits per heavy atom. The zero-order valence-electron chi connectivity index (χ0n) is 13.9. The Balaban J connectivity index is 1.70. The zero-order valence-corrected chi connectivity index (χ0v) is 16.3. The standard InChI is InChI=1S/C15H17FN4O3S3/c1-24-15-19-18-14(25-15)17-13(21)10-3-2-8-20(9-10)26(22,23)12-6-4-11(16)5-7-12/h4-7,10H,2-3,8-9H2,1H3,(H,17,18,21)/t10-/m1/s1. The van der Waals surface area contributed by atoms with Crippen LogP contribution >= 0.6 is 23.1 Å². The maximum Gasteiger partial charge on any atom is 0.243 e. The summed E-state index contributed by atoms with van der Waals surface area (Å²) in [5, 5.41) is 10.9. The Bertz CT molecular complexity index is 886. The van der Waals surface area contributed by atoms with Crippen LogP contribution in [-0.4, -0.2) is 48.2 Å². The molecule has 11 heteroatoms. The third kappa shape index (κ3) is 4.22. The molecule has 140 valence electrons. The van der Waals surface area contributed by atoms with Crippen molar-refractivity contribution >= 4 is 44.2 Å². The lowest BCUT2D eigenvalue weighted by Crippen LogP contribution is -2.43. The summed E-state index contributed by atoms with van der Waals surface area (Å²) in [5.74, 6) is -1.24. The number of piperidine rings is 1. The summed E-state index contributed by atoms with van der Waals surface area (Å²) in [7, 11) is -3.76. The highest BCUT2D eigenvalue weighted by molar-refractivity contribution is 8.00. The summed E-state index contributed by atoms with van der Waals surface area (Å²) in [6.45, 7) is 0.415. The summed E-state index contributed by atoms with van der Waals surface area (Å²) in [5.41, 5.74) is 0. The van der Waals surface area contributed by atoms with E-state index in [-0.39, 0.29) is 17.3 Å². The van der Waals surface area contributed by atoms with Gasteiger partial charge >= 0.3 is 0 Å². The second-order valence-electron chi connectivity index (χ2n) is 5.72. The average molecular weight is 417 g/mol. The van der Waals surface area contributed by atoms with Crippen molar-refractivity contribution in [3.63, 3.8) is 0 Å². The van der Waals surface area contributed by atoms with Crippen LogP contribution in [0.1, 0.15) is 12.8 Å². The zero-order chi connectivity index (χ0) is 18.7. The quantitative estimate of drug-likeness (QED) is 0.595. The van der Waals surface area contributed by atoms with Gasteiger partial charge in [-0.25, -0.2) is 12.8 Å². The van der Waals surface area contributed by atoms with Crippen LogP contribution in [-0.2, 0) is 14.8 Å². The van der Waals surface area contributed by atoms with E-state index in [1.807, 2.05) is 6.26 Å². The molecule has 7 nitrogen and oxygen atoms in total. The van der Waals surface area contributed by atoms with E-state index < -0.39 is 21.8 Å². The lowest BCUT2D eigenvalue weighted by Gasteiger charge is -2.31. The number of benzene rings is 1. The van der Waals surface area contributed by atoms with E-state index in [2.05, 4.69) is 15.5 Å². The van der Waals surface area contributed by atoms with Gasteiger partial charge in [0.25, 0.3) is 0 Å². The predicted molar refractivity (Wildman–Crippen MR) is 98.2 cm³/mol. The van der Waals surface area contributed by atoms with Gasteiger partial charge in [0.15, 0.2) is 4.34 Å². The van der Waals surface area contributed by atoms with Gasteiger partial charge in [-0.05, 0) is 43.4 Å². The number of halogens is 1. The lowest BCUT2D eigenvalue weighted by atomic mass is 9.99. The topological polar surface area (TPSA) is 92.3 Å². The van der Waals surface area contributed by atoms with Crippen LogP contribution in [0.15, 0.2) is 33.5 Å². The Hall–Kier alpha value is -1.56. The fraction of sp³-hybridized carbons (Fsp3) is 0.400. The number of carbonyl (C=O) groups is 1. The molecule has 26 heavy (non-hydrogen) atoms. The van der Waals surface area contributed by atoms with Crippen molar-refractivity contribution in [2.24, 2.45) is 5.92 Å². The molecule has 0 bridgehead atoms. The molecule has 1 aliphatic heterocycles. The molecule has 0 radical (unpaired) electrons. The molecule has 2 heterocycles. The molecule has 3 rings (SSSR count). The Kier molecular flexibility index (Phi) is 5.90. The van der Waals surface area contributed by atoms with Crippen LogP contribution in [0, 0.1) is 11.7 Å². The van der Waals surface area contributed by atoms with Gasteiger partial charge in [-0.15, -0.1) is 10.2 Å². The van der Waals surface area contributed by atoms with Crippen molar-refractivity contribution in [1.82, 2.24) is 14.5 Å². The molecule has 0 aliphatic carbocycles. The van der Waals surface area contributed by atoms with Gasteiger partial charge in [0, 0.05) is 13.1 Å². The van der Waals surface area contributed by atoms with Crippen molar-refractivity contribution in [1.29, 1.82) is 0 Å². The fourth-order valence-corrected chi connectivity index (χ4v) is 5.38. The van der Waals surface area contributed by atoms with Gasteiger partial charge in [0.05, 0.1) is 10.8 Å². The molecule has 0 unspecified atom stereocenters. The largest absolute Gasteiger partial charge is 0.300 e. The van der Waals surface area contributed by atoms with E-state index in [9.17, 15) is 17.6 Å². The maximum absolute atomic E-state index is 13.0. The van der Waals surface area contributed by atoms with E-state index in [1.165, 1.54) is 39.5 Å². The number of aromatic nitrogens is 2. The SMILES string of the molecule is CSc1nnc(NC(=O)[C@@H]2CCCN(S(=O)(=O)c3ccc(F)cc3)C2)s1. The molecular formula is C15H17FN4O3S3. The molecular weight excluding hydrogens is 399 g/mol. The summed E-state index contributed by atoms with van der Waals surface area (Å²) >= 11 is 2.71. The van der Waals surface area contributed by atoms with E-state index in [1.54, 1.807) is 0 Å². The number of anilines is 1. The van der Waals surface area contributed by atoms with Crippen molar-refractivity contribution in [2.45, 2.75) is 22.1 Å². The van der Waals surface area contributed by atoms with E-state index in [0.717, 1.165) is 16.5 Å². The Morgan fingerprint density at radius 2 is 2.08 bits per heavy atom. The molecule has 1 aromatic carbocycles. The molecule has 1 atom stereocenters. The highest BCUT2D eigenvalue weighted by atomic mass is 32.2. The number of thioether (sulfide) groups is 1. The normalized spacial score (nSPS) is 18.6. The number of hydrogen-bond acceptors (Lipinski definition) is 7. The molecule has 0 saturated carbocycles. The lowest BCUT2D eigenvalue weighted by molar-refractivity contribution is -0.120. The third-order valence-electron chi connectivity index (χ3n) is 4.02. The maximum atomic E-state index is 13.0. The van der Waals surface area contributed by atoms with Gasteiger partial charge in [-0.3, -0.25) is 4.79 Å². The molecule has 1 N–H and O–H groups in total. The number of nitrogens with zero attached hydrogens (tertiary/aromatic N) is 3. The first-order valence-electron chi connectivity index (χ1n) is 7.84. The fourth-order valence-electron chi connectivity index (χ4n) is 2.68. The number of amides is 1. The molecule has 0 spiro atoms. The van der Waals surface area contributed by atoms with Crippen LogP contribution in [0.5, 0.6) is 0 Å². The van der Waals surface area contributed by atoms with Crippen LogP contribution in [0.2, 0.25) is 0 Å². The molecule has 1 amide bonds. The smallest absolute Gasteiger partial charge is 0.243 e. The number of carbonyl (C=O) groups excluding carboxylic acids is 1. The molecule has 1 aromatic heterocycles. The summed E-state index contributed by atoms with van der Waals surface area (Å²) in [6.07, 6.45) is 3.03. The first-order chi connectivity index (χ1) is 12.4. The van der Waals surface area contributed by atoms with E-state index in [0.29, 0.717) is 24.5 Å². The second-order valence-corrected chi connectivity index (χ2v) is 9.69. The number of sulfonamides is 1. The third-order valence-corrected chi connectivity index (χ3v) is 7.71. The molecule has 2 aromatic rings. The molecule has 1 saturated heterocycles. The van der Waals surface area contributed by atoms with Crippen LogP contribution < -0.4 is 5.32 Å². The van der Waals surface area contributed by atoms with Gasteiger partial charge in [-0.1, -0.05) is 23.1 Å². The van der Waals surface area contributed by atoms with Gasteiger partial charge in [-0.2, -0.15) is 4.31 Å². The van der Waals surface area contributed by atoms with Crippen molar-refractivity contribution in [3.05, 3.63) is 30.1 Å². The molecule has 1 fully saturated rings. The van der Waals surface area contributed by atoms with Gasteiger partial charge < -0.3 is 5.32 Å². The van der Waals surface area contributed by atoms with Crippen molar-refractivity contribution in [2.75, 3.05) is 24.7 Å². The van der Waals surface area contributed by atoms with Gasteiger partial charge in [0.1, 0.15) is 5.82 Å². The second kappa shape index (κ2) is 7.99. The minimum Gasteiger partial charge on any atom is -0.300 e. The van der Waals surface area contributed by atoms with E-state index in [4.69, 9.17) is 0 Å². The van der Waals surface area contributed by atoms with Gasteiger partial charge in [0.2, 0.25) is 21.1 Å². The minimum atomic E-state index is -3.76. The number of nitrogens with one attached hydrogen (secondary N) is 1. The van der Waals surface area contributed by atoms with E-state index >= 15 is 0 Å². The molecule has 1 aliphatic rings. The summed E-state index contributed by atoms with van der Waals surface area (Å²) in [4.78, 5) is 12.5. The Labute approximate surface area is 159 Å². The summed E-state index contributed by atoms with van der Waals surface area (Å²) in [6, 6.07) is 4.69. The number of rotatable bonds is 5. The highest BCUT2D eigenvalue weighted by Crippen LogP contribution is 2.27. The first kappa shape index (κ1) is 19.2. The minimum absolute atomic E-state index is 0.0219. The average Bonchev–Trinajstić information content (AvgIpc) is 3.10. The first-order valence-corrected chi connectivity index (χ1v) is 11.3. The van der Waals surface area contributed by atoms with Crippen LogP contribution in [0.4, 0.5) is 9.52 Å². The van der Waals surface area contributed by atoms with Crippen molar-refractivity contribution < 1.29 is 17.6 Å². The highest BCUT2D eigenvalue weighted by Gasteiger charge is 2.33. The van der Waals surface area contributed by atoms with Crippen LogP contribution in [0.25, 0.3) is 0 Å². The number of hydrogen-bond donors (Lipinski definition) is 1. The van der Waals surface area contributed by atoms with Crippen LogP contribution in [0.3, 0.4) is 0 Å².